The highest BCUT2D eigenvalue weighted by atomic mass is 16.1. The molecule has 0 N–H and O–H groups in total. The van der Waals surface area contributed by atoms with Crippen molar-refractivity contribution >= 4 is 5.78 Å². The van der Waals surface area contributed by atoms with Crippen molar-refractivity contribution in [2.75, 3.05) is 0 Å². The molecular weight excluding hydrogens is 262 g/mol. The summed E-state index contributed by atoms with van der Waals surface area (Å²) in [7, 11) is 0. The molecule has 3 heteroatoms. The molecule has 2 aromatic rings. The largest absolute Gasteiger partial charge is 0.310 e. The smallest absolute Gasteiger partial charge is 0.261 e. The van der Waals surface area contributed by atoms with E-state index in [0.717, 1.165) is 5.56 Å². The molecule has 0 amide bonds. The van der Waals surface area contributed by atoms with Crippen LogP contribution in [0.3, 0.4) is 0 Å². The van der Waals surface area contributed by atoms with Crippen LogP contribution in [0.5, 0.6) is 0 Å². The van der Waals surface area contributed by atoms with E-state index in [1.807, 2.05) is 51.1 Å². The number of benzene rings is 1. The molecule has 2 rings (SSSR count). The van der Waals surface area contributed by atoms with Crippen LogP contribution < -0.4 is 5.56 Å². The van der Waals surface area contributed by atoms with Gasteiger partial charge in [-0.05, 0) is 23.1 Å². The van der Waals surface area contributed by atoms with Crippen molar-refractivity contribution in [3.63, 3.8) is 0 Å². The van der Waals surface area contributed by atoms with Crippen LogP contribution in [0.4, 0.5) is 0 Å². The van der Waals surface area contributed by atoms with E-state index in [1.54, 1.807) is 22.9 Å². The minimum Gasteiger partial charge on any atom is -0.310 e. The molecule has 0 bridgehead atoms. The summed E-state index contributed by atoms with van der Waals surface area (Å²) in [6.45, 7) is 6.47. The maximum Gasteiger partial charge on any atom is 0.261 e. The van der Waals surface area contributed by atoms with Gasteiger partial charge in [-0.25, -0.2) is 0 Å². The number of Topliss-reactive ketones (excluding diaryl/α,β-unsaturated/α-hetero) is 1. The van der Waals surface area contributed by atoms with E-state index in [2.05, 4.69) is 0 Å². The van der Waals surface area contributed by atoms with Gasteiger partial charge in [0, 0.05) is 12.6 Å². The number of carbonyl (C=O) groups excluding carboxylic acids is 1. The van der Waals surface area contributed by atoms with Crippen LogP contribution in [0.15, 0.2) is 53.5 Å². The second kappa shape index (κ2) is 6.08. The zero-order valence-electron chi connectivity index (χ0n) is 12.8. The van der Waals surface area contributed by atoms with Crippen molar-refractivity contribution < 1.29 is 4.79 Å². The molecule has 0 aliphatic rings. The number of hydrogen-bond donors (Lipinski definition) is 0. The van der Waals surface area contributed by atoms with Crippen molar-refractivity contribution in [3.8, 4) is 0 Å². The Hall–Kier alpha value is -2.16. The highest BCUT2D eigenvalue weighted by Gasteiger charge is 2.20. The van der Waals surface area contributed by atoms with Crippen LogP contribution in [0.2, 0.25) is 0 Å². The topological polar surface area (TPSA) is 39.1 Å². The molecule has 21 heavy (non-hydrogen) atoms. The Bertz CT molecular complexity index is 678. The monoisotopic (exact) mass is 283 g/mol. The molecule has 1 aromatic carbocycles. The molecule has 0 unspecified atom stereocenters. The van der Waals surface area contributed by atoms with Gasteiger partial charge in [-0.1, -0.05) is 51.1 Å². The molecule has 0 saturated carbocycles. The van der Waals surface area contributed by atoms with Gasteiger partial charge < -0.3 is 4.57 Å². The molecular formula is C18H21NO2. The average molecular weight is 283 g/mol. The number of rotatable bonds is 4. The highest BCUT2D eigenvalue weighted by Crippen LogP contribution is 2.20. The van der Waals surface area contributed by atoms with Crippen LogP contribution in [-0.4, -0.2) is 10.4 Å². The van der Waals surface area contributed by atoms with Crippen LogP contribution in [0.1, 0.15) is 43.1 Å². The molecule has 0 aliphatic heterocycles. The van der Waals surface area contributed by atoms with Crippen molar-refractivity contribution in [1.82, 2.24) is 4.57 Å². The quantitative estimate of drug-likeness (QED) is 0.805. The maximum absolute atomic E-state index is 12.4. The van der Waals surface area contributed by atoms with Crippen LogP contribution in [0.25, 0.3) is 0 Å². The summed E-state index contributed by atoms with van der Waals surface area (Å²) >= 11 is 0. The van der Waals surface area contributed by atoms with E-state index >= 15 is 0 Å². The number of aromatic nitrogens is 1. The molecule has 0 aliphatic carbocycles. The van der Waals surface area contributed by atoms with E-state index in [4.69, 9.17) is 0 Å². The molecule has 3 nitrogen and oxygen atoms in total. The van der Waals surface area contributed by atoms with E-state index in [-0.39, 0.29) is 22.3 Å². The normalized spacial score (nSPS) is 11.4. The van der Waals surface area contributed by atoms with Crippen LogP contribution in [0, 0.1) is 5.41 Å². The Labute approximate surface area is 125 Å². The Morgan fingerprint density at radius 1 is 1.05 bits per heavy atom. The van der Waals surface area contributed by atoms with Gasteiger partial charge in [0.1, 0.15) is 0 Å². The predicted octanol–water partition coefficient (Wildman–Crippen LogP) is 3.52. The fraction of sp³-hybridized carbons (Fsp3) is 0.333. The lowest BCUT2D eigenvalue weighted by Crippen LogP contribution is -2.27. The van der Waals surface area contributed by atoms with Gasteiger partial charge in [-0.15, -0.1) is 0 Å². The third-order valence-electron chi connectivity index (χ3n) is 3.21. The minimum absolute atomic E-state index is 0.0880. The van der Waals surface area contributed by atoms with Crippen LogP contribution >= 0.6 is 0 Å². The van der Waals surface area contributed by atoms with Gasteiger partial charge in [0.15, 0.2) is 5.78 Å². The van der Waals surface area contributed by atoms with Gasteiger partial charge in [0.05, 0.1) is 12.1 Å². The first-order valence-corrected chi connectivity index (χ1v) is 7.13. The maximum atomic E-state index is 12.4. The van der Waals surface area contributed by atoms with Gasteiger partial charge in [0.2, 0.25) is 0 Å². The van der Waals surface area contributed by atoms with Crippen molar-refractivity contribution in [2.24, 2.45) is 5.41 Å². The fourth-order valence-corrected chi connectivity index (χ4v) is 2.23. The second-order valence-electron chi connectivity index (χ2n) is 6.50. The first kappa shape index (κ1) is 15.2. The first-order valence-electron chi connectivity index (χ1n) is 7.13. The Balaban J connectivity index is 2.28. The molecule has 110 valence electrons. The third-order valence-corrected chi connectivity index (χ3v) is 3.21. The number of ketones is 1. The number of hydrogen-bond acceptors (Lipinski definition) is 2. The number of pyridine rings is 1. The molecule has 0 radical (unpaired) electrons. The van der Waals surface area contributed by atoms with Crippen LogP contribution in [-0.2, 0) is 6.54 Å². The average Bonchev–Trinajstić information content (AvgIpc) is 2.40. The van der Waals surface area contributed by atoms with Crippen molar-refractivity contribution in [2.45, 2.75) is 33.7 Å². The van der Waals surface area contributed by atoms with Crippen molar-refractivity contribution in [3.05, 3.63) is 70.1 Å². The fourth-order valence-electron chi connectivity index (χ4n) is 2.23. The molecule has 0 atom stereocenters. The third kappa shape index (κ3) is 4.15. The summed E-state index contributed by atoms with van der Waals surface area (Å²) in [5.41, 5.74) is 0.989. The van der Waals surface area contributed by atoms with E-state index in [1.165, 1.54) is 0 Å². The lowest BCUT2D eigenvalue weighted by Gasteiger charge is -2.16. The molecule has 0 saturated heterocycles. The predicted molar refractivity (Wildman–Crippen MR) is 84.6 cm³/mol. The van der Waals surface area contributed by atoms with Gasteiger partial charge >= 0.3 is 0 Å². The Kier molecular flexibility index (Phi) is 4.41. The lowest BCUT2D eigenvalue weighted by atomic mass is 9.88. The summed E-state index contributed by atoms with van der Waals surface area (Å²) in [6.07, 6.45) is 2.10. The standard InChI is InChI=1S/C18H21NO2/c1-18(2,3)12-16(20)15-10-7-11-19(17(15)21)13-14-8-5-4-6-9-14/h4-11H,12-13H2,1-3H3. The molecule has 0 fully saturated rings. The molecule has 0 spiro atoms. The summed E-state index contributed by atoms with van der Waals surface area (Å²) in [5, 5.41) is 0. The molecule has 1 aromatic heterocycles. The zero-order chi connectivity index (χ0) is 15.5. The zero-order valence-corrected chi connectivity index (χ0v) is 12.8. The number of carbonyl (C=O) groups is 1. The first-order chi connectivity index (χ1) is 9.87. The van der Waals surface area contributed by atoms with Gasteiger partial charge in [0.25, 0.3) is 5.56 Å². The molecule has 1 heterocycles. The summed E-state index contributed by atoms with van der Waals surface area (Å²) < 4.78 is 1.59. The van der Waals surface area contributed by atoms with E-state index in [0.29, 0.717) is 13.0 Å². The second-order valence-corrected chi connectivity index (χ2v) is 6.50. The van der Waals surface area contributed by atoms with Crippen molar-refractivity contribution in [1.29, 1.82) is 0 Å². The van der Waals surface area contributed by atoms with Gasteiger partial charge in [-0.3, -0.25) is 9.59 Å². The van der Waals surface area contributed by atoms with E-state index in [9.17, 15) is 9.59 Å². The minimum atomic E-state index is -0.212. The SMILES string of the molecule is CC(C)(C)CC(=O)c1cccn(Cc2ccccc2)c1=O. The summed E-state index contributed by atoms with van der Waals surface area (Å²) in [4.78, 5) is 24.7. The Morgan fingerprint density at radius 3 is 2.33 bits per heavy atom. The summed E-state index contributed by atoms with van der Waals surface area (Å²) in [5.74, 6) is -0.0880. The Morgan fingerprint density at radius 2 is 1.71 bits per heavy atom. The van der Waals surface area contributed by atoms with E-state index < -0.39 is 0 Å². The van der Waals surface area contributed by atoms with Gasteiger partial charge in [-0.2, -0.15) is 0 Å². The lowest BCUT2D eigenvalue weighted by molar-refractivity contribution is 0.0938. The highest BCUT2D eigenvalue weighted by molar-refractivity contribution is 5.96. The number of nitrogens with zero attached hydrogens (tertiary/aromatic N) is 1. The summed E-state index contributed by atoms with van der Waals surface area (Å²) in [6, 6.07) is 13.1.